The molecule has 2 rings (SSSR count). The fourth-order valence-electron chi connectivity index (χ4n) is 2.07. The minimum Gasteiger partial charge on any atom is -0.297 e. The van der Waals surface area contributed by atoms with Crippen LogP contribution in [0.15, 0.2) is 23.4 Å². The molecule has 1 aromatic carbocycles. The van der Waals surface area contributed by atoms with Crippen molar-refractivity contribution in [3.8, 4) is 11.4 Å². The fraction of sp³-hybridized carbons (Fsp3) is 0.385. The average Bonchev–Trinajstić information content (AvgIpc) is 2.76. The van der Waals surface area contributed by atoms with E-state index in [0.717, 1.165) is 23.1 Å². The summed E-state index contributed by atoms with van der Waals surface area (Å²) in [5, 5.41) is 7.57. The molecule has 0 fully saturated rings. The largest absolute Gasteiger partial charge is 0.297 e. The van der Waals surface area contributed by atoms with E-state index < -0.39 is 9.05 Å². The second kappa shape index (κ2) is 5.54. The minimum atomic E-state index is -3.90. The standard InChI is InChI=1S/C13H16ClN3O2S/c1-4-7-17-12(15-16-13(17)20(14,18)19)11-8-9(2)5-6-10(11)3/h5-6,8H,4,7H2,1-3H3. The van der Waals surface area contributed by atoms with Crippen LogP contribution in [0.25, 0.3) is 11.4 Å². The first-order valence-corrected chi connectivity index (χ1v) is 8.61. The average molecular weight is 314 g/mol. The normalized spacial score (nSPS) is 11.8. The topological polar surface area (TPSA) is 64.8 Å². The van der Waals surface area contributed by atoms with E-state index >= 15 is 0 Å². The van der Waals surface area contributed by atoms with Crippen molar-refractivity contribution >= 4 is 19.7 Å². The number of nitrogens with zero attached hydrogens (tertiary/aromatic N) is 3. The second-order valence-electron chi connectivity index (χ2n) is 4.71. The first-order valence-electron chi connectivity index (χ1n) is 6.30. The predicted octanol–water partition coefficient (Wildman–Crippen LogP) is 2.90. The Bertz CT molecular complexity index is 738. The molecule has 0 saturated carbocycles. The van der Waals surface area contributed by atoms with E-state index in [1.54, 1.807) is 4.57 Å². The zero-order valence-corrected chi connectivity index (χ0v) is 13.2. The Labute approximate surface area is 123 Å². The van der Waals surface area contributed by atoms with Crippen LogP contribution in [0.2, 0.25) is 0 Å². The molecule has 0 amide bonds. The van der Waals surface area contributed by atoms with E-state index in [0.29, 0.717) is 12.4 Å². The van der Waals surface area contributed by atoms with Gasteiger partial charge < -0.3 is 0 Å². The lowest BCUT2D eigenvalue weighted by molar-refractivity contribution is 0.570. The third-order valence-electron chi connectivity index (χ3n) is 3.02. The molecular formula is C13H16ClN3O2S. The molecule has 20 heavy (non-hydrogen) atoms. The number of halogens is 1. The summed E-state index contributed by atoms with van der Waals surface area (Å²) < 4.78 is 24.7. The van der Waals surface area contributed by atoms with Gasteiger partial charge in [0.1, 0.15) is 0 Å². The summed E-state index contributed by atoms with van der Waals surface area (Å²) in [5.74, 6) is 0.535. The molecular weight excluding hydrogens is 298 g/mol. The molecule has 1 heterocycles. The smallest absolute Gasteiger partial charge is 0.296 e. The Morgan fingerprint density at radius 1 is 1.25 bits per heavy atom. The predicted molar refractivity (Wildman–Crippen MR) is 78.3 cm³/mol. The minimum absolute atomic E-state index is 0.197. The summed E-state index contributed by atoms with van der Waals surface area (Å²) in [6.45, 7) is 6.38. The molecule has 0 aliphatic carbocycles. The van der Waals surface area contributed by atoms with Crippen molar-refractivity contribution in [3.05, 3.63) is 29.3 Å². The molecule has 0 N–H and O–H groups in total. The maximum atomic E-state index is 11.6. The van der Waals surface area contributed by atoms with Crippen molar-refractivity contribution in [2.45, 2.75) is 38.9 Å². The Morgan fingerprint density at radius 2 is 1.95 bits per heavy atom. The zero-order chi connectivity index (χ0) is 14.9. The van der Waals surface area contributed by atoms with Crippen molar-refractivity contribution in [2.24, 2.45) is 0 Å². The summed E-state index contributed by atoms with van der Waals surface area (Å²) in [4.78, 5) is 0. The van der Waals surface area contributed by atoms with Gasteiger partial charge in [-0.05, 0) is 31.9 Å². The first kappa shape index (κ1) is 15.0. The molecule has 0 bridgehead atoms. The maximum Gasteiger partial charge on any atom is 0.296 e. The number of rotatable bonds is 4. The van der Waals surface area contributed by atoms with E-state index in [2.05, 4.69) is 10.2 Å². The summed E-state index contributed by atoms with van der Waals surface area (Å²) in [7, 11) is 1.52. The Balaban J connectivity index is 2.69. The van der Waals surface area contributed by atoms with E-state index in [-0.39, 0.29) is 5.16 Å². The molecule has 5 nitrogen and oxygen atoms in total. The quantitative estimate of drug-likeness (QED) is 0.814. The Kier molecular flexibility index (Phi) is 4.15. The van der Waals surface area contributed by atoms with Crippen molar-refractivity contribution < 1.29 is 8.42 Å². The summed E-state index contributed by atoms with van der Waals surface area (Å²) in [5.41, 5.74) is 2.96. The molecule has 0 atom stereocenters. The van der Waals surface area contributed by atoms with Crippen LogP contribution in [0.5, 0.6) is 0 Å². The molecule has 0 unspecified atom stereocenters. The van der Waals surface area contributed by atoms with Crippen LogP contribution in [-0.4, -0.2) is 23.2 Å². The van der Waals surface area contributed by atoms with E-state index in [4.69, 9.17) is 10.7 Å². The second-order valence-corrected chi connectivity index (χ2v) is 7.17. The van der Waals surface area contributed by atoms with E-state index in [1.807, 2.05) is 39.0 Å². The molecule has 0 saturated heterocycles. The fourth-order valence-corrected chi connectivity index (χ4v) is 2.99. The summed E-state index contributed by atoms with van der Waals surface area (Å²) in [6.07, 6.45) is 0.759. The molecule has 0 radical (unpaired) electrons. The van der Waals surface area contributed by atoms with Crippen LogP contribution < -0.4 is 0 Å². The lowest BCUT2D eigenvalue weighted by Gasteiger charge is -2.10. The van der Waals surface area contributed by atoms with Gasteiger partial charge in [0.25, 0.3) is 14.2 Å². The number of aromatic nitrogens is 3. The van der Waals surface area contributed by atoms with E-state index in [1.165, 1.54) is 0 Å². The van der Waals surface area contributed by atoms with Crippen LogP contribution in [0.1, 0.15) is 24.5 Å². The van der Waals surface area contributed by atoms with Gasteiger partial charge in [0.15, 0.2) is 5.82 Å². The highest BCUT2D eigenvalue weighted by molar-refractivity contribution is 8.13. The van der Waals surface area contributed by atoms with Crippen LogP contribution in [0.4, 0.5) is 0 Å². The van der Waals surface area contributed by atoms with Gasteiger partial charge >= 0.3 is 0 Å². The van der Waals surface area contributed by atoms with E-state index in [9.17, 15) is 8.42 Å². The molecule has 7 heteroatoms. The third kappa shape index (κ3) is 2.86. The highest BCUT2D eigenvalue weighted by Crippen LogP contribution is 2.26. The van der Waals surface area contributed by atoms with Gasteiger partial charge in [0.05, 0.1) is 0 Å². The van der Waals surface area contributed by atoms with Gasteiger partial charge in [-0.15, -0.1) is 10.2 Å². The van der Waals surface area contributed by atoms with Gasteiger partial charge in [0.2, 0.25) is 0 Å². The molecule has 2 aromatic rings. The lowest BCUT2D eigenvalue weighted by Crippen LogP contribution is -2.08. The molecule has 1 aromatic heterocycles. The van der Waals surface area contributed by atoms with Gasteiger partial charge in [0, 0.05) is 22.8 Å². The zero-order valence-electron chi connectivity index (χ0n) is 11.6. The molecule has 0 spiro atoms. The number of benzene rings is 1. The van der Waals surface area contributed by atoms with Crippen LogP contribution in [-0.2, 0) is 15.6 Å². The summed E-state index contributed by atoms with van der Waals surface area (Å²) in [6, 6.07) is 5.94. The van der Waals surface area contributed by atoms with Crippen molar-refractivity contribution in [2.75, 3.05) is 0 Å². The van der Waals surface area contributed by atoms with Gasteiger partial charge in [-0.1, -0.05) is 24.6 Å². The highest BCUT2D eigenvalue weighted by atomic mass is 35.7. The Hall–Kier alpha value is -1.40. The van der Waals surface area contributed by atoms with Crippen LogP contribution in [0, 0.1) is 13.8 Å². The molecule has 108 valence electrons. The molecule has 0 aliphatic rings. The van der Waals surface area contributed by atoms with Crippen molar-refractivity contribution in [3.63, 3.8) is 0 Å². The first-order chi connectivity index (χ1) is 9.34. The van der Waals surface area contributed by atoms with Crippen molar-refractivity contribution in [1.82, 2.24) is 14.8 Å². The number of hydrogen-bond acceptors (Lipinski definition) is 4. The highest BCUT2D eigenvalue weighted by Gasteiger charge is 2.23. The summed E-state index contributed by atoms with van der Waals surface area (Å²) >= 11 is 0. The van der Waals surface area contributed by atoms with Crippen molar-refractivity contribution in [1.29, 1.82) is 0 Å². The monoisotopic (exact) mass is 313 g/mol. The van der Waals surface area contributed by atoms with Gasteiger partial charge in [-0.25, -0.2) is 8.42 Å². The van der Waals surface area contributed by atoms with Crippen LogP contribution in [0.3, 0.4) is 0 Å². The number of hydrogen-bond donors (Lipinski definition) is 0. The van der Waals surface area contributed by atoms with Crippen LogP contribution >= 0.6 is 10.7 Å². The third-order valence-corrected chi connectivity index (χ3v) is 4.17. The van der Waals surface area contributed by atoms with Gasteiger partial charge in [-0.3, -0.25) is 4.57 Å². The lowest BCUT2D eigenvalue weighted by atomic mass is 10.1. The molecule has 0 aliphatic heterocycles. The maximum absolute atomic E-state index is 11.6. The van der Waals surface area contributed by atoms with Gasteiger partial charge in [-0.2, -0.15) is 0 Å². The SMILES string of the molecule is CCCn1c(-c2cc(C)ccc2C)nnc1S(=O)(=O)Cl. The Morgan fingerprint density at radius 3 is 2.55 bits per heavy atom. The number of aryl methyl sites for hydroxylation is 2.